The molecule has 3 aromatic heterocycles. The smallest absolute Gasteiger partial charge is 0.252 e. The van der Waals surface area contributed by atoms with Crippen molar-refractivity contribution in [3.63, 3.8) is 0 Å². The Bertz CT molecular complexity index is 1350. The van der Waals surface area contributed by atoms with Crippen LogP contribution < -0.4 is 15.0 Å². The Morgan fingerprint density at radius 2 is 2.06 bits per heavy atom. The first-order valence-electron chi connectivity index (χ1n) is 12.1. The van der Waals surface area contributed by atoms with Crippen molar-refractivity contribution in [3.05, 3.63) is 62.3 Å². The zero-order valence-electron chi connectivity index (χ0n) is 20.5. The van der Waals surface area contributed by atoms with E-state index in [1.807, 2.05) is 24.3 Å². The number of tetrazole rings is 1. The number of rotatable bonds is 11. The summed E-state index contributed by atoms with van der Waals surface area (Å²) in [6.07, 6.45) is 1.79. The number of hydrogen-bond acceptors (Lipinski definition) is 9. The molecule has 190 valence electrons. The van der Waals surface area contributed by atoms with E-state index in [9.17, 15) is 4.79 Å². The Labute approximate surface area is 212 Å². The Morgan fingerprint density at radius 3 is 2.81 bits per heavy atom. The van der Waals surface area contributed by atoms with Gasteiger partial charge in [-0.2, -0.15) is 0 Å². The Balaban J connectivity index is 1.51. The highest BCUT2D eigenvalue weighted by Gasteiger charge is 2.27. The van der Waals surface area contributed by atoms with Crippen LogP contribution in [-0.4, -0.2) is 57.0 Å². The van der Waals surface area contributed by atoms with E-state index in [-0.39, 0.29) is 11.6 Å². The van der Waals surface area contributed by atoms with Crippen LogP contribution in [-0.2, 0) is 24.4 Å². The zero-order valence-corrected chi connectivity index (χ0v) is 21.3. The lowest BCUT2D eigenvalue weighted by atomic mass is 10.1. The molecule has 1 aliphatic rings. The first-order valence-corrected chi connectivity index (χ1v) is 13.0. The molecule has 0 aliphatic carbocycles. The van der Waals surface area contributed by atoms with E-state index in [0.717, 1.165) is 29.6 Å². The monoisotopic (exact) mass is 510 g/mol. The maximum atomic E-state index is 13.2. The van der Waals surface area contributed by atoms with Crippen molar-refractivity contribution >= 4 is 22.2 Å². The van der Waals surface area contributed by atoms with Crippen LogP contribution in [0.15, 0.2) is 40.5 Å². The molecule has 0 saturated heterocycles. The third-order valence-electron chi connectivity index (χ3n) is 6.26. The lowest BCUT2D eigenvalue weighted by Gasteiger charge is -2.30. The van der Waals surface area contributed by atoms with Crippen molar-refractivity contribution in [3.8, 4) is 11.5 Å². The quantitative estimate of drug-likeness (QED) is 0.327. The molecule has 0 spiro atoms. The number of hydrogen-bond donors (Lipinski definition) is 1. The molecular weight excluding hydrogens is 480 g/mol. The van der Waals surface area contributed by atoms with Crippen LogP contribution in [0.3, 0.4) is 0 Å². The average Bonchev–Trinajstić information content (AvgIpc) is 3.57. The van der Waals surface area contributed by atoms with Crippen molar-refractivity contribution in [2.24, 2.45) is 0 Å². The van der Waals surface area contributed by atoms with Crippen LogP contribution in [0.1, 0.15) is 42.1 Å². The van der Waals surface area contributed by atoms with Gasteiger partial charge in [0.1, 0.15) is 13.2 Å². The summed E-state index contributed by atoms with van der Waals surface area (Å²) in [5.41, 5.74) is 1.28. The molecule has 0 bridgehead atoms. The lowest BCUT2D eigenvalue weighted by Crippen LogP contribution is -2.32. The lowest BCUT2D eigenvalue weighted by molar-refractivity contribution is 0.148. The molecule has 0 radical (unpaired) electrons. The van der Waals surface area contributed by atoms with Gasteiger partial charge in [0.05, 0.1) is 24.7 Å². The number of nitrogens with one attached hydrogen (secondary N) is 1. The number of ether oxygens (including phenoxy) is 3. The van der Waals surface area contributed by atoms with E-state index >= 15 is 0 Å². The molecule has 0 saturated carbocycles. The predicted octanol–water partition coefficient (Wildman–Crippen LogP) is 3.54. The predicted molar refractivity (Wildman–Crippen MR) is 136 cm³/mol. The van der Waals surface area contributed by atoms with Crippen LogP contribution in [0, 0.1) is 0 Å². The fourth-order valence-electron chi connectivity index (χ4n) is 4.54. The molecule has 10 nitrogen and oxygen atoms in total. The van der Waals surface area contributed by atoms with Crippen LogP contribution in [0.25, 0.3) is 10.9 Å². The third-order valence-corrected chi connectivity index (χ3v) is 7.13. The first-order chi connectivity index (χ1) is 17.7. The molecule has 1 aliphatic heterocycles. The van der Waals surface area contributed by atoms with Crippen molar-refractivity contribution in [2.45, 2.75) is 45.4 Å². The largest absolute Gasteiger partial charge is 0.486 e. The molecule has 11 heteroatoms. The highest BCUT2D eigenvalue weighted by molar-refractivity contribution is 7.09. The highest BCUT2D eigenvalue weighted by Crippen LogP contribution is 2.34. The van der Waals surface area contributed by atoms with Crippen molar-refractivity contribution in [1.82, 2.24) is 30.1 Å². The van der Waals surface area contributed by atoms with E-state index in [1.165, 1.54) is 4.88 Å². The fraction of sp³-hybridized carbons (Fsp3) is 0.440. The molecule has 5 rings (SSSR count). The molecule has 36 heavy (non-hydrogen) atoms. The Kier molecular flexibility index (Phi) is 7.59. The summed E-state index contributed by atoms with van der Waals surface area (Å²) >= 11 is 1.70. The van der Waals surface area contributed by atoms with Gasteiger partial charge in [-0.3, -0.25) is 9.69 Å². The van der Waals surface area contributed by atoms with Gasteiger partial charge in [-0.15, -0.1) is 16.4 Å². The molecule has 0 amide bonds. The van der Waals surface area contributed by atoms with Crippen molar-refractivity contribution < 1.29 is 14.2 Å². The number of nitrogens with zero attached hydrogens (tertiary/aromatic N) is 5. The van der Waals surface area contributed by atoms with Crippen LogP contribution in [0.4, 0.5) is 0 Å². The maximum Gasteiger partial charge on any atom is 0.252 e. The topological polar surface area (TPSA) is 107 Å². The van der Waals surface area contributed by atoms with Crippen LogP contribution in [0.5, 0.6) is 11.5 Å². The summed E-state index contributed by atoms with van der Waals surface area (Å²) in [6.45, 7) is 5.37. The summed E-state index contributed by atoms with van der Waals surface area (Å²) in [5.74, 6) is 2.13. The number of thiophene rings is 1. The van der Waals surface area contributed by atoms with Gasteiger partial charge in [-0.25, -0.2) is 4.68 Å². The fourth-order valence-corrected chi connectivity index (χ4v) is 5.27. The Hall–Kier alpha value is -3.28. The number of methoxy groups -OCH3 is 1. The third kappa shape index (κ3) is 5.28. The van der Waals surface area contributed by atoms with E-state index < -0.39 is 0 Å². The first kappa shape index (κ1) is 24.4. The van der Waals surface area contributed by atoms with Gasteiger partial charge in [0.25, 0.3) is 5.56 Å². The van der Waals surface area contributed by atoms with Gasteiger partial charge < -0.3 is 19.2 Å². The number of fused-ring (bicyclic) bond motifs is 2. The highest BCUT2D eigenvalue weighted by atomic mass is 32.1. The minimum atomic E-state index is -0.121. The standard InChI is InChI=1S/C25H30N6O4S/c1-3-5-21(24-27-28-29-31(24)7-8-33-2)30(16-19-6-4-11-36-19)15-18-12-17-13-22-23(35-10-9-34-22)14-20(17)26-25(18)32/h4,6,11-14,21H,3,5,7-10,15-16H2,1-2H3,(H,26,32)/t21-/m1/s1. The van der Waals surface area contributed by atoms with Gasteiger partial charge in [0, 0.05) is 42.1 Å². The van der Waals surface area contributed by atoms with Gasteiger partial charge in [-0.1, -0.05) is 19.4 Å². The molecule has 0 fully saturated rings. The maximum absolute atomic E-state index is 13.2. The second-order valence-electron chi connectivity index (χ2n) is 8.75. The molecule has 4 aromatic rings. The summed E-state index contributed by atoms with van der Waals surface area (Å²) in [6, 6.07) is 9.81. The number of benzene rings is 1. The summed E-state index contributed by atoms with van der Waals surface area (Å²) < 4.78 is 18.5. The summed E-state index contributed by atoms with van der Waals surface area (Å²) in [7, 11) is 1.66. The van der Waals surface area contributed by atoms with E-state index in [1.54, 1.807) is 23.1 Å². The molecule has 0 unspecified atom stereocenters. The number of aromatic amines is 1. The second kappa shape index (κ2) is 11.2. The second-order valence-corrected chi connectivity index (χ2v) is 9.78. The molecule has 1 aromatic carbocycles. The van der Waals surface area contributed by atoms with Crippen LogP contribution >= 0.6 is 11.3 Å². The SMILES string of the molecule is CCC[C@H](c1nnnn1CCOC)N(Cc1cccs1)Cc1cc2cc3c(cc2[nH]c1=O)OCCO3. The molecule has 1 atom stereocenters. The normalized spacial score (nSPS) is 14.0. The van der Waals surface area contributed by atoms with Crippen molar-refractivity contribution in [2.75, 3.05) is 26.9 Å². The molecule has 4 heterocycles. The van der Waals surface area contributed by atoms with Crippen molar-refractivity contribution in [1.29, 1.82) is 0 Å². The number of pyridine rings is 1. The van der Waals surface area contributed by atoms with Gasteiger partial charge in [0.15, 0.2) is 17.3 Å². The number of aromatic nitrogens is 5. The zero-order chi connectivity index (χ0) is 24.9. The van der Waals surface area contributed by atoms with E-state index in [4.69, 9.17) is 14.2 Å². The van der Waals surface area contributed by atoms with Gasteiger partial charge in [0.2, 0.25) is 0 Å². The summed E-state index contributed by atoms with van der Waals surface area (Å²) in [5, 5.41) is 15.5. The van der Waals surface area contributed by atoms with E-state index in [2.05, 4.69) is 43.8 Å². The van der Waals surface area contributed by atoms with Gasteiger partial charge in [-0.05, 0) is 40.4 Å². The average molecular weight is 511 g/mol. The molecule has 1 N–H and O–H groups in total. The van der Waals surface area contributed by atoms with Gasteiger partial charge >= 0.3 is 0 Å². The summed E-state index contributed by atoms with van der Waals surface area (Å²) in [4.78, 5) is 19.7. The minimum absolute atomic E-state index is 0.0701. The Morgan fingerprint density at radius 1 is 1.22 bits per heavy atom. The van der Waals surface area contributed by atoms with E-state index in [0.29, 0.717) is 56.5 Å². The minimum Gasteiger partial charge on any atom is -0.486 e. The van der Waals surface area contributed by atoms with Crippen LogP contribution in [0.2, 0.25) is 0 Å². The number of H-pyrrole nitrogens is 1. The molecular formula is C25H30N6O4S.